The highest BCUT2D eigenvalue weighted by Gasteiger charge is 2.40. The first-order valence-electron chi connectivity index (χ1n) is 17.7. The van der Waals surface area contributed by atoms with Crippen molar-refractivity contribution < 1.29 is 33.1 Å². The molecule has 3 atom stereocenters. The van der Waals surface area contributed by atoms with Crippen molar-refractivity contribution in [2.75, 3.05) is 45.1 Å². The number of nitrogens with one attached hydrogen (secondary N) is 1. The molecule has 12 nitrogen and oxygen atoms in total. The van der Waals surface area contributed by atoms with E-state index in [0.29, 0.717) is 56.0 Å². The van der Waals surface area contributed by atoms with Crippen LogP contribution >= 0.6 is 9.39 Å². The van der Waals surface area contributed by atoms with Gasteiger partial charge in [-0.3, -0.25) is 19.7 Å². The van der Waals surface area contributed by atoms with Gasteiger partial charge < -0.3 is 33.5 Å². The minimum atomic E-state index is -2.00. The molecule has 1 N–H and O–H groups in total. The van der Waals surface area contributed by atoms with E-state index in [2.05, 4.69) is 61.5 Å². The molecule has 0 aliphatic carbocycles. The first-order chi connectivity index (χ1) is 24.4. The summed E-state index contributed by atoms with van der Waals surface area (Å²) in [6.45, 7) is 24.9. The molecule has 2 aliphatic rings. The van der Waals surface area contributed by atoms with Gasteiger partial charge in [0.05, 0.1) is 55.2 Å². The van der Waals surface area contributed by atoms with E-state index in [0.717, 1.165) is 23.1 Å². The van der Waals surface area contributed by atoms with Gasteiger partial charge in [-0.15, -0.1) is 0 Å². The predicted molar refractivity (Wildman–Crippen MR) is 210 cm³/mol. The Balaban J connectivity index is 1.40. The summed E-state index contributed by atoms with van der Waals surface area (Å²) in [6.07, 6.45) is 2.55. The summed E-state index contributed by atoms with van der Waals surface area (Å²) in [4.78, 5) is 42.4. The highest BCUT2D eigenvalue weighted by Crippen LogP contribution is 2.39. The number of carbonyl (C=O) groups excluding carboxylic acids is 2. The summed E-state index contributed by atoms with van der Waals surface area (Å²) in [6, 6.07) is 6.13. The number of anilines is 1. The number of amides is 2. The maximum absolute atomic E-state index is 13.9. The van der Waals surface area contributed by atoms with Crippen LogP contribution in [0.2, 0.25) is 18.1 Å². The summed E-state index contributed by atoms with van der Waals surface area (Å²) in [5.41, 5.74) is 3.47. The second-order valence-electron chi connectivity index (χ2n) is 15.2. The van der Waals surface area contributed by atoms with Crippen LogP contribution in [0.3, 0.4) is 0 Å². The van der Waals surface area contributed by atoms with Crippen LogP contribution in [0.15, 0.2) is 48.6 Å². The molecular weight excluding hydrogens is 699 g/mol. The largest absolute Gasteiger partial charge is 0.493 e. The molecule has 52 heavy (non-hydrogen) atoms. The lowest BCUT2D eigenvalue weighted by atomic mass is 10.1. The minimum Gasteiger partial charge on any atom is -0.493 e. The van der Waals surface area contributed by atoms with Crippen LogP contribution in [0.5, 0.6) is 17.2 Å². The van der Waals surface area contributed by atoms with Crippen molar-refractivity contribution in [3.8, 4) is 17.2 Å². The zero-order chi connectivity index (χ0) is 38.5. The van der Waals surface area contributed by atoms with E-state index in [4.69, 9.17) is 18.6 Å². The van der Waals surface area contributed by atoms with Crippen molar-refractivity contribution in [3.05, 3.63) is 75.4 Å². The Kier molecular flexibility index (Phi) is 13.2. The molecular formula is C38H55N4O8PSi. The highest BCUT2D eigenvalue weighted by atomic mass is 31.0. The van der Waals surface area contributed by atoms with E-state index < -0.39 is 19.1 Å². The van der Waals surface area contributed by atoms with Crippen LogP contribution in [0.4, 0.5) is 11.4 Å². The third-order valence-electron chi connectivity index (χ3n) is 10.4. The summed E-state index contributed by atoms with van der Waals surface area (Å²) in [5, 5.41) is 15.2. The molecule has 0 saturated carbocycles. The maximum Gasteiger partial charge on any atom is 0.286 e. The first kappa shape index (κ1) is 40.8. The van der Waals surface area contributed by atoms with E-state index in [-0.39, 0.29) is 59.0 Å². The molecule has 0 bridgehead atoms. The number of carbonyl (C=O) groups is 2. The van der Waals surface area contributed by atoms with Crippen molar-refractivity contribution in [1.29, 1.82) is 0 Å². The monoisotopic (exact) mass is 754 g/mol. The van der Waals surface area contributed by atoms with Gasteiger partial charge in [0.2, 0.25) is 0 Å². The van der Waals surface area contributed by atoms with Gasteiger partial charge in [-0.05, 0) is 65.3 Å². The van der Waals surface area contributed by atoms with Gasteiger partial charge in [0, 0.05) is 37.7 Å². The van der Waals surface area contributed by atoms with Crippen molar-refractivity contribution in [1.82, 2.24) is 9.80 Å². The number of hydrogen-bond acceptors (Lipinski definition) is 9. The summed E-state index contributed by atoms with van der Waals surface area (Å²) < 4.78 is 24.0. The fourth-order valence-electron chi connectivity index (χ4n) is 6.28. The molecule has 2 fully saturated rings. The topological polar surface area (TPSA) is 133 Å². The van der Waals surface area contributed by atoms with Crippen molar-refractivity contribution in [2.24, 2.45) is 0 Å². The number of nitrogens with zero attached hydrogens (tertiary/aromatic N) is 3. The van der Waals surface area contributed by atoms with Gasteiger partial charge in [0.15, 0.2) is 19.8 Å². The van der Waals surface area contributed by atoms with E-state index in [9.17, 15) is 19.7 Å². The van der Waals surface area contributed by atoms with Gasteiger partial charge in [0.25, 0.3) is 17.5 Å². The lowest BCUT2D eigenvalue weighted by Crippen LogP contribution is -2.46. The Morgan fingerprint density at radius 3 is 2.10 bits per heavy atom. The van der Waals surface area contributed by atoms with Crippen LogP contribution in [0, 0.1) is 17.0 Å². The zero-order valence-corrected chi connectivity index (χ0v) is 34.1. The number of likely N-dealkylation sites (tertiary alicyclic amines) is 2. The third-order valence-corrected chi connectivity index (χ3v) is 15.2. The number of nitro groups is 1. The summed E-state index contributed by atoms with van der Waals surface area (Å²) in [7, 11) is 1.89. The van der Waals surface area contributed by atoms with Crippen LogP contribution < -0.4 is 19.3 Å². The molecule has 2 heterocycles. The molecule has 284 valence electrons. The van der Waals surface area contributed by atoms with Crippen LogP contribution in [0.25, 0.3) is 0 Å². The Labute approximate surface area is 311 Å². The Morgan fingerprint density at radius 1 is 0.962 bits per heavy atom. The quantitative estimate of drug-likeness (QED) is 0.0481. The number of nitro benzene ring substituents is 1. The molecule has 4 rings (SSSR count). The Morgan fingerprint density at radius 2 is 1.54 bits per heavy atom. The van der Waals surface area contributed by atoms with Crippen LogP contribution in [0.1, 0.15) is 79.7 Å². The van der Waals surface area contributed by atoms with Crippen molar-refractivity contribution >= 4 is 40.9 Å². The van der Waals surface area contributed by atoms with E-state index in [1.807, 2.05) is 30.9 Å². The lowest BCUT2D eigenvalue weighted by Gasteiger charge is -2.38. The molecule has 2 aliphatic heterocycles. The first-order valence-corrected chi connectivity index (χ1v) is 21.2. The van der Waals surface area contributed by atoms with Gasteiger partial charge in [-0.2, -0.15) is 0 Å². The predicted octanol–water partition coefficient (Wildman–Crippen LogP) is 7.93. The fraction of sp³-hybridized carbons (Fsp3) is 0.526. The maximum atomic E-state index is 13.9. The van der Waals surface area contributed by atoms with E-state index in [1.54, 1.807) is 4.90 Å². The number of ether oxygens (including phenoxy) is 3. The Bertz CT molecular complexity index is 1710. The number of rotatable bonds is 15. The molecule has 14 heteroatoms. The molecule has 2 amide bonds. The van der Waals surface area contributed by atoms with Crippen LogP contribution in [-0.4, -0.2) is 87.0 Å². The van der Waals surface area contributed by atoms with Gasteiger partial charge >= 0.3 is 0 Å². The van der Waals surface area contributed by atoms with Gasteiger partial charge in [-0.1, -0.05) is 52.0 Å². The summed E-state index contributed by atoms with van der Waals surface area (Å²) in [5.74, 6) is 0.469. The minimum absolute atomic E-state index is 0.0498. The van der Waals surface area contributed by atoms with E-state index >= 15 is 0 Å². The SMILES string of the molecule is C=C1C[C@@H](CO[Si](C)(C)C(C)(C)C)N(C(=O)c2cc(C)c(OCCCOc3cc([N+](=O)[O-])c(C(=O)N4CC(=C)C[C@H]4CC)cc3OC)cc2NP)C1. The average Bonchev–Trinajstić information content (AvgIpc) is 3.67. The zero-order valence-electron chi connectivity index (χ0n) is 31.9. The molecule has 2 aromatic rings. The molecule has 0 aromatic heterocycles. The number of benzene rings is 2. The second kappa shape index (κ2) is 16.8. The number of hydrogen-bond donors (Lipinski definition) is 1. The number of aryl methyl sites for hydroxylation is 1. The van der Waals surface area contributed by atoms with E-state index in [1.165, 1.54) is 19.2 Å². The van der Waals surface area contributed by atoms with Crippen molar-refractivity contribution in [3.63, 3.8) is 0 Å². The smallest absolute Gasteiger partial charge is 0.286 e. The Hall–Kier alpha value is -3.93. The molecule has 2 saturated heterocycles. The third kappa shape index (κ3) is 9.16. The molecule has 2 aromatic carbocycles. The summed E-state index contributed by atoms with van der Waals surface area (Å²) >= 11 is 0. The highest BCUT2D eigenvalue weighted by molar-refractivity contribution is 7.18. The molecule has 1 unspecified atom stereocenters. The fourth-order valence-corrected chi connectivity index (χ4v) is 7.56. The van der Waals surface area contributed by atoms with Gasteiger partial charge in [0.1, 0.15) is 11.3 Å². The van der Waals surface area contributed by atoms with Gasteiger partial charge in [-0.25, -0.2) is 0 Å². The normalized spacial score (nSPS) is 17.8. The molecule has 0 spiro atoms. The van der Waals surface area contributed by atoms with Crippen LogP contribution in [-0.2, 0) is 4.43 Å². The lowest BCUT2D eigenvalue weighted by molar-refractivity contribution is -0.385. The number of methoxy groups -OCH3 is 1. The second-order valence-corrected chi connectivity index (χ2v) is 20.3. The van der Waals surface area contributed by atoms with Crippen molar-refractivity contribution in [2.45, 2.75) is 90.5 Å². The average molecular weight is 755 g/mol. The standard InChI is InChI=1S/C38H55N4O8PSi/c1-11-27-15-24(2)21-40(27)37(44)30-18-34(47-8)35(20-32(30)42(45)46)49-14-12-13-48-33-19-31(39-51)29(17-26(33)4)36(43)41-22-25(3)16-28(41)23-50-52(9,10)38(5,6)7/h17-20,27-28,39H,2-3,11-16,21-23,51H2,1,4-10H3/t27-,28+/m1/s1. The molecule has 0 radical (unpaired) electrons.